The molecule has 0 unspecified atom stereocenters. The molecule has 1 aliphatic heterocycles. The Morgan fingerprint density at radius 3 is 2.33 bits per heavy atom. The Labute approximate surface area is 178 Å². The largest absolute Gasteiger partial charge is 0.497 e. The van der Waals surface area contributed by atoms with Crippen molar-refractivity contribution in [3.8, 4) is 17.2 Å². The van der Waals surface area contributed by atoms with E-state index in [2.05, 4.69) is 21.2 Å². The number of methoxy groups -OCH3 is 1. The van der Waals surface area contributed by atoms with Crippen LogP contribution in [0, 0.1) is 0 Å². The van der Waals surface area contributed by atoms with Crippen LogP contribution in [0.4, 0.5) is 5.69 Å². The van der Waals surface area contributed by atoms with Crippen LogP contribution < -0.4 is 24.4 Å². The number of carbonyl (C=O) groups excluding carboxylic acids is 1. The average molecular weight is 414 g/mol. The summed E-state index contributed by atoms with van der Waals surface area (Å²) in [5.41, 5.74) is 1.16. The Bertz CT molecular complexity index is 789. The van der Waals surface area contributed by atoms with E-state index in [-0.39, 0.29) is 5.91 Å². The lowest BCUT2D eigenvalue weighted by Gasteiger charge is -2.35. The number of hydrogen-bond donors (Lipinski definition) is 1. The zero-order valence-corrected chi connectivity index (χ0v) is 17.8. The molecule has 0 bridgehead atoms. The topological polar surface area (TPSA) is 63.3 Å². The number of carbonyl (C=O) groups is 1. The smallest absolute Gasteiger partial charge is 0.234 e. The second kappa shape index (κ2) is 11.3. The number of hydrogen-bond acceptors (Lipinski definition) is 6. The van der Waals surface area contributed by atoms with Crippen LogP contribution in [0.15, 0.2) is 48.5 Å². The third-order valence-electron chi connectivity index (χ3n) is 4.99. The lowest BCUT2D eigenvalue weighted by molar-refractivity contribution is -0.122. The Balaban J connectivity index is 1.32. The van der Waals surface area contributed by atoms with Gasteiger partial charge in [-0.05, 0) is 43.3 Å². The van der Waals surface area contributed by atoms with Crippen LogP contribution in [0.2, 0.25) is 0 Å². The number of rotatable bonds is 10. The molecule has 1 heterocycles. The predicted molar refractivity (Wildman–Crippen MR) is 118 cm³/mol. The summed E-state index contributed by atoms with van der Waals surface area (Å²) in [6.07, 6.45) is 0. The molecule has 3 rings (SSSR count). The molecule has 1 saturated heterocycles. The Hall–Kier alpha value is -2.93. The molecule has 0 aromatic heterocycles. The van der Waals surface area contributed by atoms with E-state index in [1.807, 2.05) is 49.4 Å². The minimum atomic E-state index is 0.0279. The van der Waals surface area contributed by atoms with Gasteiger partial charge in [0.1, 0.15) is 23.9 Å². The van der Waals surface area contributed by atoms with E-state index in [9.17, 15) is 4.79 Å². The fourth-order valence-electron chi connectivity index (χ4n) is 3.39. The second-order valence-corrected chi connectivity index (χ2v) is 7.07. The van der Waals surface area contributed by atoms with Gasteiger partial charge in [0.2, 0.25) is 5.91 Å². The first kappa shape index (κ1) is 21.8. The highest BCUT2D eigenvalue weighted by atomic mass is 16.5. The van der Waals surface area contributed by atoms with E-state index in [0.717, 1.165) is 49.1 Å². The highest BCUT2D eigenvalue weighted by Crippen LogP contribution is 2.22. The van der Waals surface area contributed by atoms with Crippen molar-refractivity contribution in [1.29, 1.82) is 0 Å². The summed E-state index contributed by atoms with van der Waals surface area (Å²) in [5.74, 6) is 2.48. The number of ether oxygens (including phenoxy) is 3. The normalized spacial score (nSPS) is 14.3. The van der Waals surface area contributed by atoms with Crippen LogP contribution >= 0.6 is 0 Å². The van der Waals surface area contributed by atoms with E-state index >= 15 is 0 Å². The summed E-state index contributed by atoms with van der Waals surface area (Å²) in [6.45, 7) is 7.41. The monoisotopic (exact) mass is 413 g/mol. The number of anilines is 1. The molecule has 7 nitrogen and oxygen atoms in total. The molecular weight excluding hydrogens is 382 g/mol. The molecule has 1 amide bonds. The summed E-state index contributed by atoms with van der Waals surface area (Å²) < 4.78 is 16.4. The summed E-state index contributed by atoms with van der Waals surface area (Å²) in [4.78, 5) is 16.7. The Kier molecular flexibility index (Phi) is 8.20. The highest BCUT2D eigenvalue weighted by molar-refractivity contribution is 5.78. The van der Waals surface area contributed by atoms with Crippen LogP contribution in [-0.2, 0) is 4.79 Å². The van der Waals surface area contributed by atoms with Gasteiger partial charge >= 0.3 is 0 Å². The quantitative estimate of drug-likeness (QED) is 0.604. The zero-order chi connectivity index (χ0) is 21.2. The molecule has 1 fully saturated rings. The first-order chi connectivity index (χ1) is 14.7. The molecule has 30 heavy (non-hydrogen) atoms. The van der Waals surface area contributed by atoms with Crippen LogP contribution in [0.3, 0.4) is 0 Å². The van der Waals surface area contributed by atoms with Gasteiger partial charge in [-0.15, -0.1) is 0 Å². The van der Waals surface area contributed by atoms with Gasteiger partial charge in [0, 0.05) is 37.9 Å². The molecule has 0 aliphatic carbocycles. The lowest BCUT2D eigenvalue weighted by Crippen LogP contribution is -2.49. The minimum absolute atomic E-state index is 0.0279. The van der Waals surface area contributed by atoms with Crippen LogP contribution in [-0.4, -0.2) is 70.4 Å². The van der Waals surface area contributed by atoms with E-state index in [0.29, 0.717) is 26.3 Å². The molecule has 0 saturated carbocycles. The van der Waals surface area contributed by atoms with Crippen molar-refractivity contribution in [2.45, 2.75) is 6.92 Å². The minimum Gasteiger partial charge on any atom is -0.497 e. The van der Waals surface area contributed by atoms with Gasteiger partial charge in [0.15, 0.2) is 0 Å². The predicted octanol–water partition coefficient (Wildman–Crippen LogP) is 2.41. The summed E-state index contributed by atoms with van der Waals surface area (Å²) in [7, 11) is 1.68. The molecule has 1 N–H and O–H groups in total. The van der Waals surface area contributed by atoms with Crippen molar-refractivity contribution in [3.05, 3.63) is 48.5 Å². The maximum absolute atomic E-state index is 12.2. The molecule has 0 spiro atoms. The fraction of sp³-hybridized carbons (Fsp3) is 0.435. The number of nitrogens with one attached hydrogen (secondary N) is 1. The summed E-state index contributed by atoms with van der Waals surface area (Å²) in [5, 5.41) is 2.93. The molecule has 2 aromatic carbocycles. The Morgan fingerprint density at radius 1 is 0.967 bits per heavy atom. The van der Waals surface area contributed by atoms with Crippen molar-refractivity contribution in [2.75, 3.05) is 64.5 Å². The molecule has 0 radical (unpaired) electrons. The van der Waals surface area contributed by atoms with E-state index in [1.165, 1.54) is 0 Å². The number of nitrogens with zero attached hydrogens (tertiary/aromatic N) is 2. The van der Waals surface area contributed by atoms with Gasteiger partial charge in [0.25, 0.3) is 0 Å². The van der Waals surface area contributed by atoms with Crippen molar-refractivity contribution >= 4 is 11.6 Å². The molecule has 2 aromatic rings. The van der Waals surface area contributed by atoms with Crippen molar-refractivity contribution in [1.82, 2.24) is 10.2 Å². The summed E-state index contributed by atoms with van der Waals surface area (Å²) >= 11 is 0. The molecule has 162 valence electrons. The van der Waals surface area contributed by atoms with Gasteiger partial charge < -0.3 is 24.4 Å². The van der Waals surface area contributed by atoms with E-state index < -0.39 is 0 Å². The van der Waals surface area contributed by atoms with Gasteiger partial charge in [-0.1, -0.05) is 6.07 Å². The number of amides is 1. The fourth-order valence-corrected chi connectivity index (χ4v) is 3.39. The third kappa shape index (κ3) is 6.56. The standard InChI is InChI=1S/C23H31N3O4/c1-3-29-20-7-9-21(10-8-20)30-16-11-24-23(27)18-25-12-14-26(15-13-25)19-5-4-6-22(17-19)28-2/h4-10,17H,3,11-16,18H2,1-2H3,(H,24,27). The van der Waals surface area contributed by atoms with Crippen LogP contribution in [0.25, 0.3) is 0 Å². The van der Waals surface area contributed by atoms with Crippen molar-refractivity contribution < 1.29 is 19.0 Å². The van der Waals surface area contributed by atoms with Gasteiger partial charge in [-0.25, -0.2) is 0 Å². The van der Waals surface area contributed by atoms with Gasteiger partial charge in [-0.3, -0.25) is 9.69 Å². The SMILES string of the molecule is CCOc1ccc(OCCNC(=O)CN2CCN(c3cccc(OC)c3)CC2)cc1. The maximum Gasteiger partial charge on any atom is 0.234 e. The van der Waals surface area contributed by atoms with Crippen LogP contribution in [0.5, 0.6) is 17.2 Å². The maximum atomic E-state index is 12.2. The Morgan fingerprint density at radius 2 is 1.67 bits per heavy atom. The first-order valence-corrected chi connectivity index (χ1v) is 10.4. The summed E-state index contributed by atoms with van der Waals surface area (Å²) in [6, 6.07) is 15.6. The van der Waals surface area contributed by atoms with Crippen LogP contribution in [0.1, 0.15) is 6.92 Å². The second-order valence-electron chi connectivity index (χ2n) is 7.07. The number of piperazine rings is 1. The molecule has 1 aliphatic rings. The van der Waals surface area contributed by atoms with Gasteiger partial charge in [-0.2, -0.15) is 0 Å². The van der Waals surface area contributed by atoms with E-state index in [4.69, 9.17) is 14.2 Å². The third-order valence-corrected chi connectivity index (χ3v) is 4.99. The van der Waals surface area contributed by atoms with Crippen molar-refractivity contribution in [3.63, 3.8) is 0 Å². The lowest BCUT2D eigenvalue weighted by atomic mass is 10.2. The molecule has 7 heteroatoms. The van der Waals surface area contributed by atoms with Gasteiger partial charge in [0.05, 0.1) is 26.8 Å². The zero-order valence-electron chi connectivity index (χ0n) is 17.8. The first-order valence-electron chi connectivity index (χ1n) is 10.4. The molecular formula is C23H31N3O4. The number of benzene rings is 2. The van der Waals surface area contributed by atoms with E-state index in [1.54, 1.807) is 7.11 Å². The average Bonchev–Trinajstić information content (AvgIpc) is 2.78. The molecule has 0 atom stereocenters. The highest BCUT2D eigenvalue weighted by Gasteiger charge is 2.19. The van der Waals surface area contributed by atoms with Crippen molar-refractivity contribution in [2.24, 2.45) is 0 Å².